The predicted molar refractivity (Wildman–Crippen MR) is 56.2 cm³/mol. The van der Waals surface area contributed by atoms with Gasteiger partial charge < -0.3 is 43.4 Å². The number of carbonyl (C=O) groups excluding carboxylic acids is 1. The molecule has 0 saturated carbocycles. The van der Waals surface area contributed by atoms with Crippen LogP contribution in [0.5, 0.6) is 0 Å². The van der Waals surface area contributed by atoms with Crippen LogP contribution in [0.1, 0.15) is 0 Å². The molecule has 4 N–H and O–H groups in total. The van der Waals surface area contributed by atoms with Crippen molar-refractivity contribution in [1.82, 2.24) is 0 Å². The van der Waals surface area contributed by atoms with Crippen LogP contribution in [0.2, 0.25) is 0 Å². The maximum absolute atomic E-state index is 10.5. The molecule has 2 atom stereocenters. The van der Waals surface area contributed by atoms with Gasteiger partial charge in [0.05, 0.1) is 6.61 Å². The number of hydrogen-bond donors (Lipinski definition) is 4. The van der Waals surface area contributed by atoms with Crippen LogP contribution >= 0.6 is 0 Å². The molecule has 1 aliphatic heterocycles. The second kappa shape index (κ2) is 19.4. The van der Waals surface area contributed by atoms with Gasteiger partial charge in [0.15, 0.2) is 11.9 Å². The molecular weight excluding hydrogens is 452 g/mol. The van der Waals surface area contributed by atoms with E-state index in [-0.39, 0.29) is 118 Å². The average Bonchev–Trinajstić information content (AvgIpc) is 2.51. The van der Waals surface area contributed by atoms with Crippen LogP contribution in [0.15, 0.2) is 11.5 Å². The number of cyclic esters (lactones) is 1. The summed E-state index contributed by atoms with van der Waals surface area (Å²) in [6.45, 7) is -0.671. The normalized spacial score (nSPS) is 16.4. The van der Waals surface area contributed by atoms with Crippen molar-refractivity contribution >= 4 is 26.8 Å². The molecule has 0 bridgehead atoms. The van der Waals surface area contributed by atoms with Gasteiger partial charge in [-0.15, -0.1) is 0 Å². The third-order valence-corrected chi connectivity index (χ3v) is 1.48. The number of aliphatic hydroxyl groups excluding tert-OH is 4. The fourth-order valence-corrected chi connectivity index (χ4v) is 0.823. The molecule has 0 aromatic carbocycles. The summed E-state index contributed by atoms with van der Waals surface area (Å²) in [5.41, 5.74) is 0. The third kappa shape index (κ3) is 28.7. The monoisotopic (exact) mass is 460 g/mol. The van der Waals surface area contributed by atoms with E-state index in [9.17, 15) is 4.79 Å². The minimum atomic E-state index is -5.17. The van der Waals surface area contributed by atoms with Crippen LogP contribution in [-0.2, 0) is 30.3 Å². The van der Waals surface area contributed by atoms with Crippen LogP contribution < -0.4 is 118 Å². The average molecular weight is 460 g/mol. The summed E-state index contributed by atoms with van der Waals surface area (Å²) < 4.78 is 72.5. The van der Waals surface area contributed by atoms with E-state index in [0.717, 1.165) is 0 Å². The van der Waals surface area contributed by atoms with Gasteiger partial charge in [0.25, 0.3) is 0 Å². The van der Waals surface area contributed by atoms with Gasteiger partial charge in [-0.3, -0.25) is 16.8 Å². The second-order valence-corrected chi connectivity index (χ2v) is 4.76. The molecule has 0 aliphatic carbocycles. The van der Waals surface area contributed by atoms with Crippen molar-refractivity contribution in [3.05, 3.63) is 11.5 Å². The summed E-state index contributed by atoms with van der Waals surface area (Å²) in [6.07, 6.45) is -2.78. The largest absolute Gasteiger partial charge is 1.00 e. The molecular formula is C6H8Na4O14S2. The standard InChI is InChI=1S/C6H8O6.4Na.2H2O4S/c7-1-2(8)5-3(9)4(10)6(11)12-5;;;;;2*1-5(2,3)4/h2,5,7-10H,1H2;;;;;2*(H2,1,2,3,4)/q;4*+1;;/p-4/t2-,5+;;;;;;/m0....../s1. The molecule has 0 fully saturated rings. The van der Waals surface area contributed by atoms with Crippen molar-refractivity contribution in [2.24, 2.45) is 0 Å². The maximum atomic E-state index is 10.5. The zero-order valence-corrected chi connectivity index (χ0v) is 23.7. The van der Waals surface area contributed by atoms with E-state index in [0.29, 0.717) is 0 Å². The number of aliphatic hydroxyl groups is 4. The third-order valence-electron chi connectivity index (χ3n) is 1.48. The van der Waals surface area contributed by atoms with Gasteiger partial charge in [0.1, 0.15) is 6.10 Å². The second-order valence-electron chi connectivity index (χ2n) is 3.13. The maximum Gasteiger partial charge on any atom is 1.00 e. The number of hydrogen-bond acceptors (Lipinski definition) is 14. The van der Waals surface area contributed by atoms with Crippen LogP contribution in [0.4, 0.5) is 0 Å². The van der Waals surface area contributed by atoms with E-state index in [2.05, 4.69) is 4.74 Å². The molecule has 132 valence electrons. The smallest absolute Gasteiger partial charge is 0.759 e. The van der Waals surface area contributed by atoms with Gasteiger partial charge in [0.2, 0.25) is 5.76 Å². The van der Waals surface area contributed by atoms with Gasteiger partial charge in [-0.1, -0.05) is 0 Å². The number of rotatable bonds is 2. The fourth-order valence-electron chi connectivity index (χ4n) is 0.823. The van der Waals surface area contributed by atoms with Gasteiger partial charge in [0, 0.05) is 20.8 Å². The Morgan fingerprint density at radius 2 is 1.19 bits per heavy atom. The first-order valence-corrected chi connectivity index (χ1v) is 7.20. The Morgan fingerprint density at radius 1 is 0.923 bits per heavy atom. The molecule has 0 saturated heterocycles. The molecule has 0 aromatic rings. The topological polar surface area (TPSA) is 268 Å². The quantitative estimate of drug-likeness (QED) is 0.129. The molecule has 0 amide bonds. The molecule has 1 rings (SSSR count). The van der Waals surface area contributed by atoms with Gasteiger partial charge >= 0.3 is 124 Å². The Bertz CT molecular complexity index is 569. The molecule has 20 heteroatoms. The number of carbonyl (C=O) groups is 1. The summed E-state index contributed by atoms with van der Waals surface area (Å²) in [6, 6.07) is 0. The molecule has 0 unspecified atom stereocenters. The summed E-state index contributed by atoms with van der Waals surface area (Å²) >= 11 is 0. The van der Waals surface area contributed by atoms with Gasteiger partial charge in [-0.25, -0.2) is 4.79 Å². The van der Waals surface area contributed by atoms with Crippen LogP contribution in [0.25, 0.3) is 0 Å². The van der Waals surface area contributed by atoms with E-state index in [4.69, 9.17) is 55.5 Å². The first-order chi connectivity index (χ1) is 9.57. The minimum Gasteiger partial charge on any atom is -0.759 e. The van der Waals surface area contributed by atoms with Crippen molar-refractivity contribution in [2.75, 3.05) is 6.61 Å². The molecule has 0 radical (unpaired) electrons. The zero-order chi connectivity index (χ0) is 18.3. The van der Waals surface area contributed by atoms with E-state index in [1.165, 1.54) is 0 Å². The summed E-state index contributed by atoms with van der Waals surface area (Å²) in [4.78, 5) is 10.5. The van der Waals surface area contributed by atoms with E-state index >= 15 is 0 Å². The van der Waals surface area contributed by atoms with E-state index in [1.807, 2.05) is 0 Å². The zero-order valence-electron chi connectivity index (χ0n) is 14.0. The van der Waals surface area contributed by atoms with Crippen LogP contribution in [0.3, 0.4) is 0 Å². The molecule has 0 aromatic heterocycles. The summed E-state index contributed by atoms with van der Waals surface area (Å²) in [7, 11) is -10.3. The van der Waals surface area contributed by atoms with E-state index in [1.54, 1.807) is 0 Å². The summed E-state index contributed by atoms with van der Waals surface area (Å²) in [5.74, 6) is -2.78. The van der Waals surface area contributed by atoms with Crippen molar-refractivity contribution < 1.29 is 183 Å². The van der Waals surface area contributed by atoms with Crippen molar-refractivity contribution in [3.63, 3.8) is 0 Å². The van der Waals surface area contributed by atoms with Crippen molar-refractivity contribution in [2.45, 2.75) is 12.2 Å². The predicted octanol–water partition coefficient (Wildman–Crippen LogP) is -16.1. The van der Waals surface area contributed by atoms with Crippen molar-refractivity contribution in [3.8, 4) is 0 Å². The Balaban J connectivity index is -0.0000000619. The molecule has 14 nitrogen and oxygen atoms in total. The van der Waals surface area contributed by atoms with E-state index < -0.39 is 57.1 Å². The van der Waals surface area contributed by atoms with Crippen LogP contribution in [0, 0.1) is 0 Å². The Kier molecular flexibility index (Phi) is 31.8. The molecule has 1 heterocycles. The van der Waals surface area contributed by atoms with Gasteiger partial charge in [-0.05, 0) is 0 Å². The SMILES string of the molecule is O=C1O[C@H]([C@@H](O)CO)C(O)=C1O.O=S(=O)([O-])[O-].O=S(=O)([O-])[O-].[Na+].[Na+].[Na+].[Na+]. The first-order valence-electron chi connectivity index (χ1n) is 4.53. The first kappa shape index (κ1) is 42.5. The van der Waals surface area contributed by atoms with Crippen molar-refractivity contribution in [1.29, 1.82) is 0 Å². The minimum absolute atomic E-state index is 0. The summed E-state index contributed by atoms with van der Waals surface area (Å²) in [5, 5.41) is 35.0. The molecule has 1 aliphatic rings. The number of esters is 1. The Labute approximate surface area is 236 Å². The number of ether oxygens (including phenoxy) is 1. The van der Waals surface area contributed by atoms with Gasteiger partial charge in [-0.2, -0.15) is 0 Å². The van der Waals surface area contributed by atoms with Crippen LogP contribution in [-0.4, -0.2) is 80.3 Å². The molecule has 26 heavy (non-hydrogen) atoms. The fraction of sp³-hybridized carbons (Fsp3) is 0.500. The Hall–Kier alpha value is 2.47. The molecule has 0 spiro atoms. The Morgan fingerprint density at radius 3 is 1.35 bits per heavy atom.